The van der Waals surface area contributed by atoms with Crippen LogP contribution in [0, 0.1) is 3.57 Å². The molecule has 0 atom stereocenters. The van der Waals surface area contributed by atoms with Gasteiger partial charge in [-0.3, -0.25) is 4.99 Å². The molecule has 128 valence electrons. The maximum Gasteiger partial charge on any atom is 0.312 e. The van der Waals surface area contributed by atoms with Gasteiger partial charge < -0.3 is 9.52 Å². The molecular formula is C20H19IN2O2. The maximum atomic E-state index is 9.99. The van der Waals surface area contributed by atoms with E-state index in [0.717, 1.165) is 21.2 Å². The lowest BCUT2D eigenvalue weighted by atomic mass is 10.1. The second-order valence-electron chi connectivity index (χ2n) is 5.72. The molecule has 5 heteroatoms. The van der Waals surface area contributed by atoms with Gasteiger partial charge in [0.2, 0.25) is 5.89 Å². The molecule has 3 aromatic rings. The molecule has 0 aliphatic rings. The minimum atomic E-state index is -0.222. The molecule has 0 amide bonds. The summed E-state index contributed by atoms with van der Waals surface area (Å²) in [5.74, 6) is 0.170. The Labute approximate surface area is 160 Å². The fourth-order valence-electron chi connectivity index (χ4n) is 2.41. The predicted octanol–water partition coefficient (Wildman–Crippen LogP) is 5.75. The van der Waals surface area contributed by atoms with Crippen molar-refractivity contribution >= 4 is 34.5 Å². The van der Waals surface area contributed by atoms with E-state index in [9.17, 15) is 5.11 Å². The molecule has 1 N–H and O–H groups in total. The summed E-state index contributed by atoms with van der Waals surface area (Å²) in [5, 5.41) is 9.99. The second-order valence-corrected chi connectivity index (χ2v) is 6.88. The Morgan fingerprint density at radius 1 is 1.16 bits per heavy atom. The third kappa shape index (κ3) is 4.48. The van der Waals surface area contributed by atoms with E-state index >= 15 is 0 Å². The first-order valence-corrected chi connectivity index (χ1v) is 9.33. The number of aromatic nitrogens is 1. The van der Waals surface area contributed by atoms with Crippen LogP contribution in [-0.4, -0.2) is 16.3 Å². The smallest absolute Gasteiger partial charge is 0.312 e. The number of rotatable bonds is 6. The number of aliphatic imine (C=N–C) groups is 1. The van der Waals surface area contributed by atoms with Gasteiger partial charge in [0.05, 0.1) is 11.9 Å². The number of hydrogen-bond donors (Lipinski definition) is 1. The first-order chi connectivity index (χ1) is 12.2. The Morgan fingerprint density at radius 3 is 2.64 bits per heavy atom. The minimum absolute atomic E-state index is 0.222. The van der Waals surface area contributed by atoms with E-state index in [0.29, 0.717) is 11.6 Å². The van der Waals surface area contributed by atoms with Gasteiger partial charge in [-0.2, -0.15) is 0 Å². The largest absolute Gasteiger partial charge is 0.479 e. The van der Waals surface area contributed by atoms with Crippen molar-refractivity contribution in [1.82, 2.24) is 4.98 Å². The minimum Gasteiger partial charge on any atom is -0.479 e. The SMILES string of the molecule is CCCCc1ccc(-c2nc(C=Nc3ccccc3I)c(O)o2)cc1. The van der Waals surface area contributed by atoms with Crippen molar-refractivity contribution in [3.05, 3.63) is 63.4 Å². The molecule has 0 radical (unpaired) electrons. The van der Waals surface area contributed by atoms with Crippen molar-refractivity contribution in [3.8, 4) is 17.4 Å². The summed E-state index contributed by atoms with van der Waals surface area (Å²) in [6.45, 7) is 2.18. The molecule has 0 spiro atoms. The molecule has 0 aliphatic heterocycles. The number of aryl methyl sites for hydroxylation is 1. The van der Waals surface area contributed by atoms with E-state index in [1.165, 1.54) is 24.6 Å². The van der Waals surface area contributed by atoms with Gasteiger partial charge in [-0.15, -0.1) is 0 Å². The highest BCUT2D eigenvalue weighted by Gasteiger charge is 2.12. The fraction of sp³-hybridized carbons (Fsp3) is 0.200. The van der Waals surface area contributed by atoms with Crippen LogP contribution < -0.4 is 0 Å². The van der Waals surface area contributed by atoms with Crippen LogP contribution in [0.5, 0.6) is 5.95 Å². The molecule has 3 rings (SSSR count). The Balaban J connectivity index is 1.79. The number of oxazole rings is 1. The van der Waals surface area contributed by atoms with Crippen LogP contribution in [0.4, 0.5) is 5.69 Å². The summed E-state index contributed by atoms with van der Waals surface area (Å²) >= 11 is 2.22. The molecule has 0 unspecified atom stereocenters. The normalized spacial score (nSPS) is 11.3. The first kappa shape index (κ1) is 17.7. The van der Waals surface area contributed by atoms with Crippen molar-refractivity contribution in [1.29, 1.82) is 0 Å². The van der Waals surface area contributed by atoms with E-state index in [-0.39, 0.29) is 5.95 Å². The zero-order valence-electron chi connectivity index (χ0n) is 13.9. The monoisotopic (exact) mass is 446 g/mol. The summed E-state index contributed by atoms with van der Waals surface area (Å²) < 4.78 is 6.42. The lowest BCUT2D eigenvalue weighted by Gasteiger charge is -2.00. The highest BCUT2D eigenvalue weighted by Crippen LogP contribution is 2.27. The number of aromatic hydroxyl groups is 1. The van der Waals surface area contributed by atoms with Crippen LogP contribution in [0.2, 0.25) is 0 Å². The molecule has 4 nitrogen and oxygen atoms in total. The third-order valence-corrected chi connectivity index (χ3v) is 4.74. The number of para-hydroxylation sites is 1. The Hall–Kier alpha value is -2.15. The van der Waals surface area contributed by atoms with Crippen LogP contribution in [0.25, 0.3) is 11.5 Å². The van der Waals surface area contributed by atoms with Crippen LogP contribution in [0.15, 0.2) is 57.9 Å². The number of nitrogens with zero attached hydrogens (tertiary/aromatic N) is 2. The molecule has 25 heavy (non-hydrogen) atoms. The molecule has 1 aromatic heterocycles. The van der Waals surface area contributed by atoms with Gasteiger partial charge in [-0.1, -0.05) is 37.6 Å². The van der Waals surface area contributed by atoms with E-state index < -0.39 is 0 Å². The third-order valence-electron chi connectivity index (χ3n) is 3.83. The van der Waals surface area contributed by atoms with Crippen LogP contribution in [-0.2, 0) is 6.42 Å². The van der Waals surface area contributed by atoms with Crippen LogP contribution in [0.3, 0.4) is 0 Å². The van der Waals surface area contributed by atoms with Crippen LogP contribution in [0.1, 0.15) is 31.0 Å². The Morgan fingerprint density at radius 2 is 1.92 bits per heavy atom. The van der Waals surface area contributed by atoms with Crippen LogP contribution >= 0.6 is 22.6 Å². The summed E-state index contributed by atoms with van der Waals surface area (Å²) in [6.07, 6.45) is 4.95. The highest BCUT2D eigenvalue weighted by molar-refractivity contribution is 14.1. The van der Waals surface area contributed by atoms with E-state index in [2.05, 4.69) is 51.6 Å². The van der Waals surface area contributed by atoms with Gasteiger partial charge in [0.25, 0.3) is 0 Å². The van der Waals surface area contributed by atoms with E-state index in [4.69, 9.17) is 4.42 Å². The molecule has 0 saturated carbocycles. The first-order valence-electron chi connectivity index (χ1n) is 8.25. The van der Waals surface area contributed by atoms with Gasteiger partial charge in [-0.25, -0.2) is 4.98 Å². The number of benzene rings is 2. The topological polar surface area (TPSA) is 58.6 Å². The quantitative estimate of drug-likeness (QED) is 0.388. The van der Waals surface area contributed by atoms with Gasteiger partial charge in [-0.05, 0) is 65.3 Å². The van der Waals surface area contributed by atoms with Gasteiger partial charge >= 0.3 is 5.95 Å². The molecule has 0 aliphatic carbocycles. The van der Waals surface area contributed by atoms with Crippen molar-refractivity contribution in [2.45, 2.75) is 26.2 Å². The number of hydrogen-bond acceptors (Lipinski definition) is 4. The van der Waals surface area contributed by atoms with Crippen molar-refractivity contribution < 1.29 is 9.52 Å². The van der Waals surface area contributed by atoms with Crippen molar-refractivity contribution in [2.75, 3.05) is 0 Å². The molecular weight excluding hydrogens is 427 g/mol. The zero-order valence-corrected chi connectivity index (χ0v) is 16.1. The van der Waals surface area contributed by atoms with E-state index in [1.54, 1.807) is 0 Å². The highest BCUT2D eigenvalue weighted by atomic mass is 127. The van der Waals surface area contributed by atoms with Gasteiger partial charge in [0, 0.05) is 9.13 Å². The Bertz CT molecular complexity index is 870. The summed E-state index contributed by atoms with van der Waals surface area (Å²) in [5.41, 5.74) is 3.28. The lowest BCUT2D eigenvalue weighted by Crippen LogP contribution is -1.86. The Kier molecular flexibility index (Phi) is 5.86. The average Bonchev–Trinajstić information content (AvgIpc) is 3.00. The molecule has 0 fully saturated rings. The number of halogens is 1. The summed E-state index contributed by atoms with van der Waals surface area (Å²) in [4.78, 5) is 8.72. The molecule has 0 saturated heterocycles. The molecule has 0 bridgehead atoms. The summed E-state index contributed by atoms with van der Waals surface area (Å²) in [6, 6.07) is 15.8. The second kappa shape index (κ2) is 8.29. The lowest BCUT2D eigenvalue weighted by molar-refractivity contribution is 0.337. The van der Waals surface area contributed by atoms with Gasteiger partial charge in [0.1, 0.15) is 0 Å². The zero-order chi connectivity index (χ0) is 17.6. The molecule has 2 aromatic carbocycles. The maximum absolute atomic E-state index is 9.99. The summed E-state index contributed by atoms with van der Waals surface area (Å²) in [7, 11) is 0. The standard InChI is InChI=1S/C20H19IN2O2/c1-2-3-6-14-9-11-15(12-10-14)19-23-18(20(24)25-19)13-22-17-8-5-4-7-16(17)21/h4-5,7-13,24H,2-3,6H2,1H3. The van der Waals surface area contributed by atoms with E-state index in [1.807, 2.05) is 36.4 Å². The van der Waals surface area contributed by atoms with Crippen molar-refractivity contribution in [3.63, 3.8) is 0 Å². The van der Waals surface area contributed by atoms with Gasteiger partial charge in [0.15, 0.2) is 5.69 Å². The predicted molar refractivity (Wildman–Crippen MR) is 109 cm³/mol. The fourth-order valence-corrected chi connectivity index (χ4v) is 2.94. The number of unbranched alkanes of at least 4 members (excludes halogenated alkanes) is 1. The van der Waals surface area contributed by atoms with Crippen molar-refractivity contribution in [2.24, 2.45) is 4.99 Å². The molecule has 1 heterocycles. The average molecular weight is 446 g/mol.